The quantitative estimate of drug-likeness (QED) is 0.606. The number of rotatable bonds is 5. The van der Waals surface area contributed by atoms with Gasteiger partial charge in [0.05, 0.1) is 12.0 Å². The Morgan fingerprint density at radius 3 is 2.59 bits per heavy atom. The number of nitrogens with zero attached hydrogens (tertiary/aromatic N) is 4. The number of benzene rings is 1. The van der Waals surface area contributed by atoms with Crippen LogP contribution >= 0.6 is 0 Å². The predicted octanol–water partition coefficient (Wildman–Crippen LogP) is 4.31. The molecule has 8 nitrogen and oxygen atoms in total. The number of piperidine rings is 1. The highest BCUT2D eigenvalue weighted by Crippen LogP contribution is 2.26. The molecular formula is C25H30FN5O3. The first-order valence-corrected chi connectivity index (χ1v) is 11.4. The SMILES string of the molecule is CC(C)(C)OC(=O)N1CCC(n2cccc2C(=O)NCc2ccc(-n3ccnc3)c(F)c2)CC1. The molecule has 3 aromatic rings. The first kappa shape index (κ1) is 23.5. The minimum absolute atomic E-state index is 0.112. The van der Waals surface area contributed by atoms with Gasteiger partial charge in [-0.15, -0.1) is 0 Å². The van der Waals surface area contributed by atoms with Gasteiger partial charge in [0.1, 0.15) is 17.1 Å². The molecule has 0 bridgehead atoms. The van der Waals surface area contributed by atoms with Crippen molar-refractivity contribution in [2.75, 3.05) is 13.1 Å². The van der Waals surface area contributed by atoms with Gasteiger partial charge in [-0.05, 0) is 63.4 Å². The van der Waals surface area contributed by atoms with Gasteiger partial charge in [0.2, 0.25) is 0 Å². The molecule has 9 heteroatoms. The predicted molar refractivity (Wildman–Crippen MR) is 125 cm³/mol. The summed E-state index contributed by atoms with van der Waals surface area (Å²) < 4.78 is 23.5. The van der Waals surface area contributed by atoms with Crippen LogP contribution < -0.4 is 5.32 Å². The molecule has 2 aromatic heterocycles. The van der Waals surface area contributed by atoms with Gasteiger partial charge >= 0.3 is 6.09 Å². The Bertz CT molecular complexity index is 1140. The van der Waals surface area contributed by atoms with Gasteiger partial charge in [0.15, 0.2) is 0 Å². The maximum atomic E-state index is 14.5. The Balaban J connectivity index is 1.34. The Morgan fingerprint density at radius 2 is 1.94 bits per heavy atom. The molecule has 0 spiro atoms. The van der Waals surface area contributed by atoms with Crippen molar-refractivity contribution in [3.63, 3.8) is 0 Å². The summed E-state index contributed by atoms with van der Waals surface area (Å²) in [5.41, 5.74) is 1.09. The Labute approximate surface area is 198 Å². The fourth-order valence-electron chi connectivity index (χ4n) is 4.10. The molecule has 0 aliphatic carbocycles. The van der Waals surface area contributed by atoms with Crippen LogP contribution in [0.15, 0.2) is 55.2 Å². The second kappa shape index (κ2) is 9.70. The van der Waals surface area contributed by atoms with Gasteiger partial charge in [-0.25, -0.2) is 14.2 Å². The van der Waals surface area contributed by atoms with Gasteiger partial charge in [0.25, 0.3) is 5.91 Å². The monoisotopic (exact) mass is 467 g/mol. The van der Waals surface area contributed by atoms with E-state index in [0.717, 1.165) is 12.8 Å². The number of aromatic nitrogens is 3. The van der Waals surface area contributed by atoms with E-state index in [-0.39, 0.29) is 30.4 Å². The van der Waals surface area contributed by atoms with Crippen LogP contribution in [0.1, 0.15) is 55.7 Å². The summed E-state index contributed by atoms with van der Waals surface area (Å²) in [6, 6.07) is 8.60. The summed E-state index contributed by atoms with van der Waals surface area (Å²) in [5, 5.41) is 2.88. The molecule has 1 N–H and O–H groups in total. The maximum absolute atomic E-state index is 14.5. The molecule has 180 valence electrons. The van der Waals surface area contributed by atoms with E-state index in [9.17, 15) is 14.0 Å². The van der Waals surface area contributed by atoms with E-state index in [1.54, 1.807) is 40.1 Å². The molecule has 1 fully saturated rings. The van der Waals surface area contributed by atoms with E-state index in [1.165, 1.54) is 12.4 Å². The highest BCUT2D eigenvalue weighted by molar-refractivity contribution is 5.92. The number of nitrogens with one attached hydrogen (secondary N) is 1. The summed E-state index contributed by atoms with van der Waals surface area (Å²) in [6.45, 7) is 6.91. The lowest BCUT2D eigenvalue weighted by Gasteiger charge is -2.34. The number of hydrogen-bond acceptors (Lipinski definition) is 4. The molecule has 0 unspecified atom stereocenters. The van der Waals surface area contributed by atoms with Gasteiger partial charge in [-0.2, -0.15) is 0 Å². The minimum atomic E-state index is -0.525. The fraction of sp³-hybridized carbons (Fsp3) is 0.400. The number of likely N-dealkylation sites (tertiary alicyclic amines) is 1. The third-order valence-corrected chi connectivity index (χ3v) is 5.77. The van der Waals surface area contributed by atoms with E-state index < -0.39 is 5.60 Å². The van der Waals surface area contributed by atoms with Crippen LogP contribution in [-0.4, -0.2) is 49.7 Å². The van der Waals surface area contributed by atoms with Crippen molar-refractivity contribution in [2.24, 2.45) is 0 Å². The van der Waals surface area contributed by atoms with Gasteiger partial charge in [-0.3, -0.25) is 4.79 Å². The van der Waals surface area contributed by atoms with Crippen LogP contribution in [0.25, 0.3) is 5.69 Å². The van der Waals surface area contributed by atoms with Crippen LogP contribution in [0.5, 0.6) is 0 Å². The zero-order valence-electron chi connectivity index (χ0n) is 19.7. The third kappa shape index (κ3) is 5.47. The number of halogens is 1. The topological polar surface area (TPSA) is 81.4 Å². The van der Waals surface area contributed by atoms with Crippen molar-refractivity contribution in [1.82, 2.24) is 24.3 Å². The largest absolute Gasteiger partial charge is 0.444 e. The van der Waals surface area contributed by atoms with Gasteiger partial charge < -0.3 is 24.1 Å². The molecule has 1 aliphatic heterocycles. The molecule has 3 heterocycles. The zero-order valence-corrected chi connectivity index (χ0v) is 19.7. The van der Waals surface area contributed by atoms with Crippen molar-refractivity contribution >= 4 is 12.0 Å². The molecular weight excluding hydrogens is 437 g/mol. The lowest BCUT2D eigenvalue weighted by atomic mass is 10.0. The first-order chi connectivity index (χ1) is 16.2. The number of carbonyl (C=O) groups excluding carboxylic acids is 2. The smallest absolute Gasteiger partial charge is 0.410 e. The lowest BCUT2D eigenvalue weighted by Crippen LogP contribution is -2.42. The van der Waals surface area contributed by atoms with Gasteiger partial charge in [-0.1, -0.05) is 6.07 Å². The third-order valence-electron chi connectivity index (χ3n) is 5.77. The number of amides is 2. The molecule has 0 atom stereocenters. The van der Waals surface area contributed by atoms with Crippen molar-refractivity contribution < 1.29 is 18.7 Å². The molecule has 1 saturated heterocycles. The average molecular weight is 468 g/mol. The second-order valence-electron chi connectivity index (χ2n) is 9.44. The van der Waals surface area contributed by atoms with Crippen molar-refractivity contribution in [2.45, 2.75) is 51.8 Å². The molecule has 1 aliphatic rings. The first-order valence-electron chi connectivity index (χ1n) is 11.4. The van der Waals surface area contributed by atoms with E-state index in [4.69, 9.17) is 4.74 Å². The lowest BCUT2D eigenvalue weighted by molar-refractivity contribution is 0.0187. The Kier molecular flexibility index (Phi) is 6.72. The standard InChI is InChI=1S/C25H30FN5O3/c1-25(2,3)34-24(33)29-12-8-19(9-13-29)31-11-4-5-22(31)23(32)28-16-18-6-7-21(20(26)15-18)30-14-10-27-17-30/h4-7,10-11,14-15,17,19H,8-9,12-13,16H2,1-3H3,(H,28,32). The number of imidazole rings is 1. The molecule has 4 rings (SSSR count). The van der Waals surface area contributed by atoms with E-state index >= 15 is 0 Å². The molecule has 0 saturated carbocycles. The Morgan fingerprint density at radius 1 is 1.18 bits per heavy atom. The van der Waals surface area contributed by atoms with E-state index in [2.05, 4.69) is 10.3 Å². The van der Waals surface area contributed by atoms with Crippen LogP contribution in [0.2, 0.25) is 0 Å². The molecule has 0 radical (unpaired) electrons. The van der Waals surface area contributed by atoms with Crippen molar-refractivity contribution in [1.29, 1.82) is 0 Å². The summed E-state index contributed by atoms with van der Waals surface area (Å²) >= 11 is 0. The van der Waals surface area contributed by atoms with Crippen molar-refractivity contribution in [3.05, 3.63) is 72.3 Å². The van der Waals surface area contributed by atoms with Crippen molar-refractivity contribution in [3.8, 4) is 5.69 Å². The zero-order chi connectivity index (χ0) is 24.3. The fourth-order valence-corrected chi connectivity index (χ4v) is 4.10. The van der Waals surface area contributed by atoms with E-state index in [1.807, 2.05) is 37.6 Å². The van der Waals surface area contributed by atoms with Crippen LogP contribution in [0.3, 0.4) is 0 Å². The average Bonchev–Trinajstić information content (AvgIpc) is 3.49. The minimum Gasteiger partial charge on any atom is -0.444 e. The number of carbonyl (C=O) groups is 2. The molecule has 1 aromatic carbocycles. The van der Waals surface area contributed by atoms with Gasteiger partial charge in [0, 0.05) is 44.3 Å². The highest BCUT2D eigenvalue weighted by Gasteiger charge is 2.28. The van der Waals surface area contributed by atoms with Crippen LogP contribution in [-0.2, 0) is 11.3 Å². The van der Waals surface area contributed by atoms with Crippen LogP contribution in [0.4, 0.5) is 9.18 Å². The number of ether oxygens (including phenoxy) is 1. The maximum Gasteiger partial charge on any atom is 0.410 e. The summed E-state index contributed by atoms with van der Waals surface area (Å²) in [6.07, 6.45) is 7.84. The number of hydrogen-bond donors (Lipinski definition) is 1. The molecule has 2 amide bonds. The normalized spacial score (nSPS) is 14.8. The second-order valence-corrected chi connectivity index (χ2v) is 9.44. The summed E-state index contributed by atoms with van der Waals surface area (Å²) in [5.74, 6) is -0.608. The van der Waals surface area contributed by atoms with Crippen LogP contribution in [0, 0.1) is 5.82 Å². The summed E-state index contributed by atoms with van der Waals surface area (Å²) in [7, 11) is 0. The highest BCUT2D eigenvalue weighted by atomic mass is 19.1. The van der Waals surface area contributed by atoms with E-state index in [0.29, 0.717) is 30.0 Å². The summed E-state index contributed by atoms with van der Waals surface area (Å²) in [4.78, 5) is 30.9. The molecule has 34 heavy (non-hydrogen) atoms. The Hall–Kier alpha value is -3.62.